The largest absolute Gasteiger partial charge is 0.383 e. The molecule has 1 fully saturated rings. The van der Waals surface area contributed by atoms with Crippen molar-refractivity contribution in [3.8, 4) is 0 Å². The number of aryl methyl sites for hydroxylation is 1. The third-order valence-electron chi connectivity index (χ3n) is 4.24. The van der Waals surface area contributed by atoms with Crippen molar-refractivity contribution in [3.05, 3.63) is 29.3 Å². The highest BCUT2D eigenvalue weighted by atomic mass is 32.2. The summed E-state index contributed by atoms with van der Waals surface area (Å²) >= 11 is 0. The molecule has 1 aromatic carbocycles. The molecule has 2 N–H and O–H groups in total. The van der Waals surface area contributed by atoms with Gasteiger partial charge in [0.1, 0.15) is 0 Å². The number of fused-ring (bicyclic) bond motifs is 1. The summed E-state index contributed by atoms with van der Waals surface area (Å²) in [6.07, 6.45) is 3.80. The van der Waals surface area contributed by atoms with Crippen LogP contribution >= 0.6 is 0 Å². The molecule has 0 radical (unpaired) electrons. The van der Waals surface area contributed by atoms with E-state index in [1.54, 1.807) is 4.31 Å². The summed E-state index contributed by atoms with van der Waals surface area (Å²) in [5.74, 6) is 0. The van der Waals surface area contributed by atoms with Gasteiger partial charge in [-0.3, -0.25) is 0 Å². The highest BCUT2D eigenvalue weighted by Gasteiger charge is 2.28. The number of piperidine rings is 1. The Bertz CT molecular complexity index is 609. The van der Waals surface area contributed by atoms with E-state index in [9.17, 15) is 8.42 Å². The molecule has 6 heteroatoms. The Labute approximate surface area is 126 Å². The zero-order valence-corrected chi connectivity index (χ0v) is 13.2. The van der Waals surface area contributed by atoms with Crippen molar-refractivity contribution >= 4 is 15.9 Å². The van der Waals surface area contributed by atoms with E-state index < -0.39 is 10.2 Å². The molecule has 0 spiro atoms. The van der Waals surface area contributed by atoms with Gasteiger partial charge >= 0.3 is 0 Å². The van der Waals surface area contributed by atoms with Crippen molar-refractivity contribution in [1.82, 2.24) is 9.03 Å². The minimum Gasteiger partial charge on any atom is -0.383 e. The predicted molar refractivity (Wildman–Crippen MR) is 84.6 cm³/mol. The lowest BCUT2D eigenvalue weighted by atomic mass is 9.98. The maximum Gasteiger partial charge on any atom is 0.279 e. The molecule has 116 valence electrons. The van der Waals surface area contributed by atoms with Crippen LogP contribution in [0.4, 0.5) is 5.69 Å². The van der Waals surface area contributed by atoms with Gasteiger partial charge in [0.2, 0.25) is 0 Å². The van der Waals surface area contributed by atoms with Gasteiger partial charge in [-0.2, -0.15) is 17.4 Å². The average molecular weight is 309 g/mol. The van der Waals surface area contributed by atoms with Gasteiger partial charge in [0.25, 0.3) is 10.2 Å². The number of anilines is 1. The molecule has 0 aromatic heterocycles. The van der Waals surface area contributed by atoms with Crippen LogP contribution in [-0.2, 0) is 16.6 Å². The second kappa shape index (κ2) is 5.94. The van der Waals surface area contributed by atoms with Crippen molar-refractivity contribution in [1.29, 1.82) is 0 Å². The molecule has 1 atom stereocenters. The number of hydrogen-bond donors (Lipinski definition) is 2. The van der Waals surface area contributed by atoms with Crippen LogP contribution in [0.2, 0.25) is 0 Å². The lowest BCUT2D eigenvalue weighted by Gasteiger charge is -2.31. The first kappa shape index (κ1) is 14.8. The van der Waals surface area contributed by atoms with E-state index in [1.165, 1.54) is 11.1 Å². The minimum absolute atomic E-state index is 0.0776. The maximum atomic E-state index is 12.4. The molecule has 5 nitrogen and oxygen atoms in total. The number of rotatable bonds is 3. The molecule has 21 heavy (non-hydrogen) atoms. The maximum absolute atomic E-state index is 12.4. The first-order valence-corrected chi connectivity index (χ1v) is 9.09. The van der Waals surface area contributed by atoms with Crippen molar-refractivity contribution in [2.75, 3.05) is 25.0 Å². The summed E-state index contributed by atoms with van der Waals surface area (Å²) in [5.41, 5.74) is 3.51. The number of nitrogens with zero attached hydrogens (tertiary/aromatic N) is 1. The summed E-state index contributed by atoms with van der Waals surface area (Å²) in [6, 6.07) is 6.19. The summed E-state index contributed by atoms with van der Waals surface area (Å²) in [4.78, 5) is 0. The summed E-state index contributed by atoms with van der Waals surface area (Å²) in [6.45, 7) is 3.99. The highest BCUT2D eigenvalue weighted by Crippen LogP contribution is 2.23. The second-order valence-electron chi connectivity index (χ2n) is 6.03. The molecule has 0 unspecified atom stereocenters. The van der Waals surface area contributed by atoms with E-state index in [4.69, 9.17) is 0 Å². The Balaban J connectivity index is 1.68. The van der Waals surface area contributed by atoms with Gasteiger partial charge in [-0.05, 0) is 37.8 Å². The van der Waals surface area contributed by atoms with E-state index in [1.807, 2.05) is 0 Å². The van der Waals surface area contributed by atoms with Crippen molar-refractivity contribution in [3.63, 3.8) is 0 Å². The van der Waals surface area contributed by atoms with Crippen LogP contribution in [-0.4, -0.2) is 38.4 Å². The molecule has 3 rings (SSSR count). The quantitative estimate of drug-likeness (QED) is 0.892. The van der Waals surface area contributed by atoms with Crippen LogP contribution in [0, 0.1) is 6.92 Å². The highest BCUT2D eigenvalue weighted by molar-refractivity contribution is 7.87. The van der Waals surface area contributed by atoms with Crippen LogP contribution in [0.5, 0.6) is 0 Å². The fourth-order valence-corrected chi connectivity index (χ4v) is 4.58. The molecular weight excluding hydrogens is 286 g/mol. The molecular formula is C15H23N3O2S. The third kappa shape index (κ3) is 3.39. The number of nitrogens with one attached hydrogen (secondary N) is 2. The molecule has 0 bridgehead atoms. The van der Waals surface area contributed by atoms with E-state index in [0.717, 1.165) is 31.4 Å². The first-order chi connectivity index (χ1) is 10.0. The Morgan fingerprint density at radius 2 is 2.00 bits per heavy atom. The average Bonchev–Trinajstić information content (AvgIpc) is 2.47. The Hall–Kier alpha value is -1.11. The summed E-state index contributed by atoms with van der Waals surface area (Å²) in [5, 5.41) is 3.32. The normalized spacial score (nSPS) is 23.4. The van der Waals surface area contributed by atoms with E-state index in [-0.39, 0.29) is 6.04 Å². The van der Waals surface area contributed by atoms with Gasteiger partial charge in [-0.1, -0.05) is 24.1 Å². The predicted octanol–water partition coefficient (Wildman–Crippen LogP) is 1.65. The molecule has 2 aliphatic rings. The Morgan fingerprint density at radius 3 is 2.76 bits per heavy atom. The molecule has 2 heterocycles. The Morgan fingerprint density at radius 1 is 1.24 bits per heavy atom. The van der Waals surface area contributed by atoms with Gasteiger partial charge in [-0.15, -0.1) is 0 Å². The Kier molecular flexibility index (Phi) is 4.19. The fraction of sp³-hybridized carbons (Fsp3) is 0.600. The van der Waals surface area contributed by atoms with Crippen LogP contribution in [0.25, 0.3) is 0 Å². The second-order valence-corrected chi connectivity index (χ2v) is 7.73. The first-order valence-electron chi connectivity index (χ1n) is 7.65. The van der Waals surface area contributed by atoms with Gasteiger partial charge in [0.05, 0.1) is 0 Å². The lowest BCUT2D eigenvalue weighted by molar-refractivity contribution is 0.338. The molecule has 1 saturated heterocycles. The zero-order chi connectivity index (χ0) is 14.9. The van der Waals surface area contributed by atoms with Crippen LogP contribution < -0.4 is 10.0 Å². The number of benzene rings is 1. The molecule has 0 aliphatic carbocycles. The molecule has 2 aliphatic heterocycles. The van der Waals surface area contributed by atoms with Crippen LogP contribution in [0.1, 0.15) is 30.4 Å². The third-order valence-corrected chi connectivity index (χ3v) is 5.91. The molecule has 0 saturated carbocycles. The number of hydrogen-bond acceptors (Lipinski definition) is 3. The van der Waals surface area contributed by atoms with Gasteiger partial charge in [-0.25, -0.2) is 0 Å². The SMILES string of the molecule is Cc1ccc2c(c1)C[C@H](NS(=O)(=O)N1CCCCC1)CN2. The monoisotopic (exact) mass is 309 g/mol. The van der Waals surface area contributed by atoms with Crippen LogP contribution in [0.15, 0.2) is 18.2 Å². The van der Waals surface area contributed by atoms with Crippen LogP contribution in [0.3, 0.4) is 0 Å². The van der Waals surface area contributed by atoms with Gasteiger partial charge < -0.3 is 5.32 Å². The minimum atomic E-state index is -3.35. The van der Waals surface area contributed by atoms with Gasteiger partial charge in [0.15, 0.2) is 0 Å². The van der Waals surface area contributed by atoms with Gasteiger partial charge in [0, 0.05) is 31.4 Å². The van der Waals surface area contributed by atoms with Crippen molar-refractivity contribution < 1.29 is 8.42 Å². The summed E-state index contributed by atoms with van der Waals surface area (Å²) < 4.78 is 29.3. The lowest BCUT2D eigenvalue weighted by Crippen LogP contribution is -2.50. The zero-order valence-electron chi connectivity index (χ0n) is 12.4. The molecule has 0 amide bonds. The van der Waals surface area contributed by atoms with E-state index >= 15 is 0 Å². The molecule has 1 aromatic rings. The summed E-state index contributed by atoms with van der Waals surface area (Å²) in [7, 11) is -3.35. The van der Waals surface area contributed by atoms with Crippen molar-refractivity contribution in [2.24, 2.45) is 0 Å². The smallest absolute Gasteiger partial charge is 0.279 e. The topological polar surface area (TPSA) is 61.4 Å². The van der Waals surface area contributed by atoms with Crippen molar-refractivity contribution in [2.45, 2.75) is 38.6 Å². The van der Waals surface area contributed by atoms with E-state index in [2.05, 4.69) is 35.2 Å². The van der Waals surface area contributed by atoms with E-state index in [0.29, 0.717) is 19.6 Å². The standard InChI is InChI=1S/C15H23N3O2S/c1-12-5-6-15-13(9-12)10-14(11-16-15)17-21(19,20)18-7-3-2-4-8-18/h5-6,9,14,16-17H,2-4,7-8,10-11H2,1H3/t14-/m0/s1. The fourth-order valence-electron chi connectivity index (χ4n) is 3.11.